The number of carbonyl (C=O) groups excluding carboxylic acids is 1. The molecular weight excluding hydrogens is 72.5 g/mol. The molecule has 0 radical (unpaired) electrons. The van der Waals surface area contributed by atoms with E-state index in [1.165, 1.54) is 0 Å². The predicted octanol–water partition coefficient (Wildman–Crippen LogP) is -2.45. The molecule has 0 spiro atoms. The molecule has 0 fully saturated rings. The average molecular weight is 79.5 g/mol. The van der Waals surface area contributed by atoms with Crippen molar-refractivity contribution in [1.29, 1.82) is 0 Å². The number of hydrogen-bond donors (Lipinski definition) is 0. The lowest BCUT2D eigenvalue weighted by Gasteiger charge is -1.78. The summed E-state index contributed by atoms with van der Waals surface area (Å²) in [4.78, 5) is 10.0. The van der Waals surface area contributed by atoms with Gasteiger partial charge in [-0.05, 0) is 6.32 Å². The Bertz CT molecular complexity index is 52.8. The number of rotatable bonds is 2. The summed E-state index contributed by atoms with van der Waals surface area (Å²) in [6, 6.07) is 0. The smallest absolute Gasteiger partial charge is 0.186 e. The van der Waals surface area contributed by atoms with E-state index in [0.29, 0.717) is 0 Å². The molecule has 0 N–H and O–H groups in total. The van der Waals surface area contributed by atoms with Gasteiger partial charge in [0.1, 0.15) is 0 Å². The number of carbonyl (C=O) groups is 1. The van der Waals surface area contributed by atoms with Crippen molar-refractivity contribution in [3.05, 3.63) is 0 Å². The van der Waals surface area contributed by atoms with E-state index in [2.05, 4.69) is 0 Å². The molecule has 0 aromatic heterocycles. The molecule has 0 rings (SSSR count). The first-order chi connectivity index (χ1) is 2.77. The van der Waals surface area contributed by atoms with Gasteiger partial charge in [0.25, 0.3) is 0 Å². The Hall–Kier alpha value is -0.135. The summed E-state index contributed by atoms with van der Waals surface area (Å²) < 4.78 is 0. The quantitative estimate of drug-likeness (QED) is 0.336. The summed E-state index contributed by atoms with van der Waals surface area (Å²) in [7, 11) is 4.60. The van der Waals surface area contributed by atoms with Crippen molar-refractivity contribution in [3.8, 4) is 0 Å². The van der Waals surface area contributed by atoms with Gasteiger partial charge in [-0.15, -0.1) is 0 Å². The van der Waals surface area contributed by atoms with E-state index in [0.717, 1.165) is 13.5 Å². The summed E-state index contributed by atoms with van der Waals surface area (Å²) in [5.74, 6) is 0. The number of hydrogen-bond acceptors (Lipinski definition) is 1. The Morgan fingerprint density at radius 1 is 1.83 bits per heavy atom. The molecule has 0 amide bonds. The zero-order valence-electron chi connectivity index (χ0n) is 4.32. The minimum atomic E-state index is 0.289. The van der Waals surface area contributed by atoms with Gasteiger partial charge < -0.3 is 4.79 Å². The summed E-state index contributed by atoms with van der Waals surface area (Å²) in [5.41, 5.74) is 0.289. The topological polar surface area (TPSA) is 17.1 Å². The highest BCUT2D eigenvalue weighted by atomic mass is 16.1. The molecule has 0 aliphatic rings. The van der Waals surface area contributed by atoms with Crippen LogP contribution in [0.2, 0.25) is 6.32 Å². The first-order valence-corrected chi connectivity index (χ1v) is 2.26. The molecule has 0 saturated heterocycles. The minimum absolute atomic E-state index is 0.289. The molecule has 0 saturated carbocycles. The highest BCUT2D eigenvalue weighted by molar-refractivity contribution is 6.92. The summed E-state index contributed by atoms with van der Waals surface area (Å²) in [6.45, 7) is 0. The Kier molecular flexibility index (Phi) is 3.00. The van der Waals surface area contributed by atoms with E-state index in [1.54, 1.807) is 7.85 Å². The Balaban J connectivity index is 2.83. The molecule has 0 bridgehead atoms. The van der Waals surface area contributed by atoms with Crippen molar-refractivity contribution in [2.45, 2.75) is 6.32 Å². The first-order valence-electron chi connectivity index (χ1n) is 2.26. The van der Waals surface area contributed by atoms with Crippen LogP contribution in [0, 0.1) is 0 Å². The zero-order valence-corrected chi connectivity index (χ0v) is 4.32. The van der Waals surface area contributed by atoms with Crippen molar-refractivity contribution in [2.24, 2.45) is 0 Å². The molecule has 0 aliphatic carbocycles. The summed E-state index contributed by atoms with van der Waals surface area (Å²) in [6.07, 6.45) is 0.736. The van der Waals surface area contributed by atoms with E-state index < -0.39 is 0 Å². The standard InChI is InChI=1S/C2H7B3O/c3-2(6)1-5-4/h5H,1,3-4H2. The summed E-state index contributed by atoms with van der Waals surface area (Å²) >= 11 is 0. The van der Waals surface area contributed by atoms with Gasteiger partial charge in [0.2, 0.25) is 0 Å². The van der Waals surface area contributed by atoms with Crippen molar-refractivity contribution < 1.29 is 4.79 Å². The molecule has 0 aromatic carbocycles. The fourth-order valence-electron chi connectivity index (χ4n) is 0.352. The molecule has 4 heteroatoms. The second-order valence-electron chi connectivity index (χ2n) is 1.45. The molecule has 0 unspecified atom stereocenters. The zero-order chi connectivity index (χ0) is 4.99. The second kappa shape index (κ2) is 3.07. The molecule has 6 heavy (non-hydrogen) atoms. The van der Waals surface area contributed by atoms with Crippen LogP contribution in [0.1, 0.15) is 0 Å². The van der Waals surface area contributed by atoms with Crippen LogP contribution in [0.3, 0.4) is 0 Å². The lowest BCUT2D eigenvalue weighted by atomic mass is 9.51. The second-order valence-corrected chi connectivity index (χ2v) is 1.45. The van der Waals surface area contributed by atoms with Gasteiger partial charge in [-0.1, -0.05) is 0 Å². The van der Waals surface area contributed by atoms with E-state index in [1.807, 2.05) is 7.74 Å². The lowest BCUT2D eigenvalue weighted by Crippen LogP contribution is -2.00. The fraction of sp³-hybridized carbons (Fsp3) is 0.500. The third kappa shape index (κ3) is 3.86. The molecule has 0 atom stereocenters. The Morgan fingerprint density at radius 2 is 2.33 bits per heavy atom. The van der Waals surface area contributed by atoms with Gasteiger partial charge in [-0.3, -0.25) is 0 Å². The largest absolute Gasteiger partial charge is 0.313 e. The monoisotopic (exact) mass is 80.1 g/mol. The van der Waals surface area contributed by atoms with Crippen molar-refractivity contribution >= 4 is 28.4 Å². The predicted molar refractivity (Wildman–Crippen MR) is 34.1 cm³/mol. The fourth-order valence-corrected chi connectivity index (χ4v) is 0.352. The van der Waals surface area contributed by atoms with Gasteiger partial charge in [-0.25, -0.2) is 0 Å². The SMILES string of the molecule is BBCC(B)=O. The molecule has 1 nitrogen and oxygen atoms in total. The molecule has 30 valence electrons. The lowest BCUT2D eigenvalue weighted by molar-refractivity contribution is -0.109. The highest BCUT2D eigenvalue weighted by Crippen LogP contribution is 1.68. The molecule has 0 aliphatic heterocycles. The van der Waals surface area contributed by atoms with Crippen LogP contribution in [0.5, 0.6) is 0 Å². The van der Waals surface area contributed by atoms with Crippen LogP contribution < -0.4 is 0 Å². The molecule has 0 aromatic rings. The van der Waals surface area contributed by atoms with E-state index >= 15 is 0 Å². The van der Waals surface area contributed by atoms with Gasteiger partial charge >= 0.3 is 0 Å². The highest BCUT2D eigenvalue weighted by Gasteiger charge is 1.85. The first kappa shape index (κ1) is 5.86. The molecular formula is C2H7B3O. The maximum Gasteiger partial charge on any atom is 0.186 e. The van der Waals surface area contributed by atoms with Gasteiger partial charge in [0, 0.05) is 0 Å². The van der Waals surface area contributed by atoms with Crippen LogP contribution in [0.4, 0.5) is 0 Å². The van der Waals surface area contributed by atoms with Gasteiger partial charge in [0.15, 0.2) is 7.85 Å². The van der Waals surface area contributed by atoms with Crippen LogP contribution in [0.15, 0.2) is 0 Å². The van der Waals surface area contributed by atoms with E-state index in [4.69, 9.17) is 0 Å². The van der Waals surface area contributed by atoms with Crippen LogP contribution >= 0.6 is 0 Å². The van der Waals surface area contributed by atoms with Crippen LogP contribution in [-0.2, 0) is 4.79 Å². The van der Waals surface area contributed by atoms with Crippen molar-refractivity contribution in [2.75, 3.05) is 0 Å². The van der Waals surface area contributed by atoms with Crippen LogP contribution in [-0.4, -0.2) is 28.4 Å². The third-order valence-electron chi connectivity index (χ3n) is 0.602. The minimum Gasteiger partial charge on any atom is -0.313 e. The normalized spacial score (nSPS) is 7.33. The van der Waals surface area contributed by atoms with Gasteiger partial charge in [0.05, 0.1) is 20.6 Å². The third-order valence-corrected chi connectivity index (χ3v) is 0.602. The maximum atomic E-state index is 10.0. The van der Waals surface area contributed by atoms with Gasteiger partial charge in [-0.2, -0.15) is 0 Å². The Morgan fingerprint density at radius 3 is 2.33 bits per heavy atom. The average Bonchev–Trinajstić information content (AvgIpc) is 1.35. The van der Waals surface area contributed by atoms with Crippen molar-refractivity contribution in [3.63, 3.8) is 0 Å². The molecule has 0 heterocycles. The van der Waals surface area contributed by atoms with Crippen LogP contribution in [0.25, 0.3) is 0 Å². The Labute approximate surface area is 40.5 Å². The van der Waals surface area contributed by atoms with E-state index in [9.17, 15) is 4.79 Å². The van der Waals surface area contributed by atoms with E-state index in [-0.39, 0.29) is 5.68 Å². The maximum absolute atomic E-state index is 10.0. The van der Waals surface area contributed by atoms with Crippen molar-refractivity contribution in [1.82, 2.24) is 0 Å². The summed E-state index contributed by atoms with van der Waals surface area (Å²) in [5, 5.41) is 0.